The fourth-order valence-corrected chi connectivity index (χ4v) is 3.08. The monoisotopic (exact) mass is 255 g/mol. The van der Waals surface area contributed by atoms with Crippen molar-refractivity contribution in [2.45, 2.75) is 25.5 Å². The third kappa shape index (κ3) is 2.80. The van der Waals surface area contributed by atoms with Crippen molar-refractivity contribution in [2.24, 2.45) is 5.92 Å². The molecule has 2 heteroatoms. The molecule has 0 spiro atoms. The molecule has 0 amide bonds. The normalized spacial score (nSPS) is 22.7. The van der Waals surface area contributed by atoms with Gasteiger partial charge >= 0.3 is 0 Å². The third-order valence-corrected chi connectivity index (χ3v) is 4.10. The first-order valence-electron chi connectivity index (χ1n) is 7.05. The van der Waals surface area contributed by atoms with Gasteiger partial charge in [-0.1, -0.05) is 42.5 Å². The van der Waals surface area contributed by atoms with Crippen molar-refractivity contribution >= 4 is 10.8 Å². The van der Waals surface area contributed by atoms with Gasteiger partial charge in [-0.2, -0.15) is 0 Å². The molecule has 0 heterocycles. The van der Waals surface area contributed by atoms with E-state index in [9.17, 15) is 5.11 Å². The maximum atomic E-state index is 9.34. The summed E-state index contributed by atoms with van der Waals surface area (Å²) >= 11 is 0. The summed E-state index contributed by atoms with van der Waals surface area (Å²) < 4.78 is 0. The van der Waals surface area contributed by atoms with Crippen LogP contribution in [0.1, 0.15) is 18.4 Å². The molecule has 1 saturated carbocycles. The highest BCUT2D eigenvalue weighted by molar-refractivity contribution is 5.85. The van der Waals surface area contributed by atoms with Gasteiger partial charge in [0.1, 0.15) is 0 Å². The van der Waals surface area contributed by atoms with Gasteiger partial charge in [0, 0.05) is 13.1 Å². The van der Waals surface area contributed by atoms with E-state index in [-0.39, 0.29) is 6.10 Å². The molecule has 0 atom stereocenters. The second-order valence-corrected chi connectivity index (χ2v) is 5.83. The standard InChI is InChI=1S/C17H21NO/c1-18(11-13-9-16(19)10-13)12-15-7-4-6-14-5-2-3-8-17(14)15/h2-8,13,16,19H,9-12H2,1H3. The van der Waals surface area contributed by atoms with E-state index in [0.717, 1.165) is 25.9 Å². The zero-order valence-corrected chi connectivity index (χ0v) is 11.4. The lowest BCUT2D eigenvalue weighted by Gasteiger charge is -2.34. The lowest BCUT2D eigenvalue weighted by atomic mass is 9.82. The molecule has 0 bridgehead atoms. The molecule has 1 aliphatic carbocycles. The van der Waals surface area contributed by atoms with Gasteiger partial charge in [-0.15, -0.1) is 0 Å². The molecule has 0 aromatic heterocycles. The number of fused-ring (bicyclic) bond motifs is 1. The lowest BCUT2D eigenvalue weighted by Crippen LogP contribution is -2.36. The number of hydrogen-bond acceptors (Lipinski definition) is 2. The largest absolute Gasteiger partial charge is 0.393 e. The smallest absolute Gasteiger partial charge is 0.0546 e. The van der Waals surface area contributed by atoms with Crippen LogP contribution in [0, 0.1) is 5.92 Å². The van der Waals surface area contributed by atoms with Crippen molar-refractivity contribution in [3.8, 4) is 0 Å². The van der Waals surface area contributed by atoms with Gasteiger partial charge in [0.05, 0.1) is 6.10 Å². The minimum Gasteiger partial charge on any atom is -0.393 e. The van der Waals surface area contributed by atoms with E-state index in [4.69, 9.17) is 0 Å². The van der Waals surface area contributed by atoms with Crippen LogP contribution in [-0.2, 0) is 6.54 Å². The molecule has 1 aliphatic rings. The van der Waals surface area contributed by atoms with Crippen molar-refractivity contribution in [1.82, 2.24) is 4.90 Å². The van der Waals surface area contributed by atoms with Crippen LogP contribution in [0.15, 0.2) is 42.5 Å². The minimum atomic E-state index is -0.0454. The van der Waals surface area contributed by atoms with Crippen molar-refractivity contribution < 1.29 is 5.11 Å². The molecule has 2 aromatic carbocycles. The Hall–Kier alpha value is -1.38. The second-order valence-electron chi connectivity index (χ2n) is 5.83. The first-order valence-corrected chi connectivity index (χ1v) is 7.05. The summed E-state index contributed by atoms with van der Waals surface area (Å²) in [5.74, 6) is 0.676. The van der Waals surface area contributed by atoms with Crippen LogP contribution >= 0.6 is 0 Å². The average Bonchev–Trinajstić information content (AvgIpc) is 2.37. The summed E-state index contributed by atoms with van der Waals surface area (Å²) in [5.41, 5.74) is 1.39. The number of rotatable bonds is 4. The average molecular weight is 255 g/mol. The fraction of sp³-hybridized carbons (Fsp3) is 0.412. The van der Waals surface area contributed by atoms with E-state index >= 15 is 0 Å². The van der Waals surface area contributed by atoms with Gasteiger partial charge in [-0.25, -0.2) is 0 Å². The SMILES string of the molecule is CN(Cc1cccc2ccccc12)CC1CC(O)C1. The second kappa shape index (κ2) is 5.32. The van der Waals surface area contributed by atoms with E-state index in [1.807, 2.05) is 0 Å². The zero-order valence-electron chi connectivity index (χ0n) is 11.4. The van der Waals surface area contributed by atoms with Gasteiger partial charge in [0.25, 0.3) is 0 Å². The molecular formula is C17H21NO. The van der Waals surface area contributed by atoms with E-state index in [2.05, 4.69) is 54.4 Å². The van der Waals surface area contributed by atoms with Crippen molar-refractivity contribution in [3.63, 3.8) is 0 Å². The predicted octanol–water partition coefficient (Wildman–Crippen LogP) is 3.04. The molecule has 19 heavy (non-hydrogen) atoms. The van der Waals surface area contributed by atoms with E-state index in [1.54, 1.807) is 0 Å². The number of aliphatic hydroxyl groups excluding tert-OH is 1. The quantitative estimate of drug-likeness (QED) is 0.907. The highest BCUT2D eigenvalue weighted by atomic mass is 16.3. The van der Waals surface area contributed by atoms with Crippen LogP contribution in [0.4, 0.5) is 0 Å². The Morgan fingerprint density at radius 1 is 1.11 bits per heavy atom. The predicted molar refractivity (Wildman–Crippen MR) is 79.0 cm³/mol. The summed E-state index contributed by atoms with van der Waals surface area (Å²) in [6.07, 6.45) is 1.90. The van der Waals surface area contributed by atoms with Crippen LogP contribution in [0.3, 0.4) is 0 Å². The van der Waals surface area contributed by atoms with Crippen LogP contribution in [-0.4, -0.2) is 29.7 Å². The summed E-state index contributed by atoms with van der Waals surface area (Å²) in [6.45, 7) is 2.06. The number of nitrogens with zero attached hydrogens (tertiary/aromatic N) is 1. The molecule has 0 unspecified atom stereocenters. The molecule has 0 radical (unpaired) electrons. The van der Waals surface area contributed by atoms with Gasteiger partial charge in [0.2, 0.25) is 0 Å². The van der Waals surface area contributed by atoms with Gasteiger partial charge in [-0.3, -0.25) is 0 Å². The molecule has 0 saturated heterocycles. The van der Waals surface area contributed by atoms with Gasteiger partial charge in [-0.05, 0) is 42.1 Å². The van der Waals surface area contributed by atoms with Crippen LogP contribution in [0.2, 0.25) is 0 Å². The molecule has 3 rings (SSSR count). The maximum absolute atomic E-state index is 9.34. The third-order valence-electron chi connectivity index (χ3n) is 4.10. The Morgan fingerprint density at radius 2 is 1.84 bits per heavy atom. The van der Waals surface area contributed by atoms with Crippen molar-refractivity contribution in [3.05, 3.63) is 48.0 Å². The van der Waals surface area contributed by atoms with Crippen molar-refractivity contribution in [1.29, 1.82) is 0 Å². The Morgan fingerprint density at radius 3 is 2.63 bits per heavy atom. The van der Waals surface area contributed by atoms with E-state index < -0.39 is 0 Å². The summed E-state index contributed by atoms with van der Waals surface area (Å²) in [6, 6.07) is 15.1. The summed E-state index contributed by atoms with van der Waals surface area (Å²) in [4.78, 5) is 2.37. The first-order chi connectivity index (χ1) is 9.22. The van der Waals surface area contributed by atoms with Crippen LogP contribution in [0.25, 0.3) is 10.8 Å². The molecular weight excluding hydrogens is 234 g/mol. The summed E-state index contributed by atoms with van der Waals surface area (Å²) in [5, 5.41) is 12.0. The number of hydrogen-bond donors (Lipinski definition) is 1. The molecule has 100 valence electrons. The molecule has 1 N–H and O–H groups in total. The van der Waals surface area contributed by atoms with Crippen LogP contribution < -0.4 is 0 Å². The fourth-order valence-electron chi connectivity index (χ4n) is 3.08. The highest BCUT2D eigenvalue weighted by Gasteiger charge is 2.27. The number of aliphatic hydroxyl groups is 1. The maximum Gasteiger partial charge on any atom is 0.0546 e. The zero-order chi connectivity index (χ0) is 13.2. The molecule has 0 aliphatic heterocycles. The minimum absolute atomic E-state index is 0.0454. The Labute approximate surface area is 114 Å². The Balaban J connectivity index is 1.70. The van der Waals surface area contributed by atoms with Gasteiger partial charge < -0.3 is 10.0 Å². The van der Waals surface area contributed by atoms with E-state index in [1.165, 1.54) is 16.3 Å². The lowest BCUT2D eigenvalue weighted by molar-refractivity contribution is 0.0274. The van der Waals surface area contributed by atoms with Crippen LogP contribution in [0.5, 0.6) is 0 Å². The Bertz CT molecular complexity index is 555. The van der Waals surface area contributed by atoms with Gasteiger partial charge in [0.15, 0.2) is 0 Å². The molecule has 2 aromatic rings. The van der Waals surface area contributed by atoms with Crippen molar-refractivity contribution in [2.75, 3.05) is 13.6 Å². The topological polar surface area (TPSA) is 23.5 Å². The van der Waals surface area contributed by atoms with E-state index in [0.29, 0.717) is 5.92 Å². The summed E-state index contributed by atoms with van der Waals surface area (Å²) in [7, 11) is 2.17. The molecule has 2 nitrogen and oxygen atoms in total. The number of benzene rings is 2. The Kier molecular flexibility index (Phi) is 3.54. The molecule has 1 fully saturated rings. The highest BCUT2D eigenvalue weighted by Crippen LogP contribution is 2.28. The first kappa shape index (κ1) is 12.6.